The van der Waals surface area contributed by atoms with Crippen molar-refractivity contribution < 1.29 is 8.60 Å². The second-order valence-electron chi connectivity index (χ2n) is 5.21. The lowest BCUT2D eigenvalue weighted by molar-refractivity contribution is 0.582. The summed E-state index contributed by atoms with van der Waals surface area (Å²) in [6.07, 6.45) is 9.61. The van der Waals surface area contributed by atoms with E-state index in [9.17, 15) is 8.60 Å². The molecule has 0 spiro atoms. The van der Waals surface area contributed by atoms with Crippen LogP contribution in [0.4, 0.5) is 10.1 Å². The number of nitrogen functional groups attached to an aromatic ring is 1. The van der Waals surface area contributed by atoms with Crippen LogP contribution in [0.5, 0.6) is 0 Å². The van der Waals surface area contributed by atoms with Gasteiger partial charge in [-0.25, -0.2) is 4.39 Å². The molecule has 2 N–H and O–H groups in total. The van der Waals surface area contributed by atoms with Crippen molar-refractivity contribution in [3.05, 3.63) is 24.0 Å². The molecule has 1 aromatic carbocycles. The first-order chi connectivity index (χ1) is 9.65. The van der Waals surface area contributed by atoms with Crippen molar-refractivity contribution >= 4 is 16.5 Å². The molecule has 0 aliphatic carbocycles. The standard InChI is InChI=1S/C16H26FNOS/c1-2-3-4-5-6-7-8-9-12-20(19)16-11-10-14(18)13-15(16)17/h10-11,13H,2-9,12,18H2,1H3. The van der Waals surface area contributed by atoms with E-state index >= 15 is 0 Å². The maximum atomic E-state index is 13.6. The van der Waals surface area contributed by atoms with Gasteiger partial charge in [-0.2, -0.15) is 0 Å². The molecule has 2 nitrogen and oxygen atoms in total. The SMILES string of the molecule is CCCCCCCCCCS(=O)c1ccc(N)cc1F. The van der Waals surface area contributed by atoms with Crippen molar-refractivity contribution in [1.29, 1.82) is 0 Å². The molecule has 1 aromatic rings. The molecule has 0 heterocycles. The summed E-state index contributed by atoms with van der Waals surface area (Å²) in [4.78, 5) is 0.280. The number of hydrogen-bond donors (Lipinski definition) is 1. The van der Waals surface area contributed by atoms with Crippen LogP contribution >= 0.6 is 0 Å². The Morgan fingerprint density at radius 3 is 2.25 bits per heavy atom. The number of nitrogens with two attached hydrogens (primary N) is 1. The number of anilines is 1. The molecule has 1 rings (SSSR count). The minimum atomic E-state index is -1.24. The van der Waals surface area contributed by atoms with Crippen molar-refractivity contribution in [3.8, 4) is 0 Å². The van der Waals surface area contributed by atoms with Gasteiger partial charge in [0.25, 0.3) is 0 Å². The number of hydrogen-bond acceptors (Lipinski definition) is 2. The average molecular weight is 299 g/mol. The molecule has 114 valence electrons. The lowest BCUT2D eigenvalue weighted by Gasteiger charge is -2.05. The molecule has 0 saturated carbocycles. The van der Waals surface area contributed by atoms with Crippen LogP contribution < -0.4 is 5.73 Å². The van der Waals surface area contributed by atoms with Crippen LogP contribution in [0, 0.1) is 5.82 Å². The molecule has 0 bridgehead atoms. The Bertz CT molecular complexity index is 423. The van der Waals surface area contributed by atoms with E-state index < -0.39 is 16.6 Å². The monoisotopic (exact) mass is 299 g/mol. The number of benzene rings is 1. The Morgan fingerprint density at radius 2 is 1.65 bits per heavy atom. The van der Waals surface area contributed by atoms with E-state index in [-0.39, 0.29) is 4.90 Å². The molecule has 0 aromatic heterocycles. The summed E-state index contributed by atoms with van der Waals surface area (Å²) in [6.45, 7) is 2.21. The lowest BCUT2D eigenvalue weighted by Crippen LogP contribution is -2.02. The first kappa shape index (κ1) is 17.2. The van der Waals surface area contributed by atoms with Crippen LogP contribution in [-0.2, 0) is 10.8 Å². The Morgan fingerprint density at radius 1 is 1.05 bits per heavy atom. The lowest BCUT2D eigenvalue weighted by atomic mass is 10.1. The maximum Gasteiger partial charge on any atom is 0.141 e. The van der Waals surface area contributed by atoms with Crippen LogP contribution in [0.2, 0.25) is 0 Å². The Kier molecular flexibility index (Phi) is 8.51. The van der Waals surface area contributed by atoms with Gasteiger partial charge in [0.15, 0.2) is 0 Å². The highest BCUT2D eigenvalue weighted by Crippen LogP contribution is 2.17. The third-order valence-electron chi connectivity index (χ3n) is 3.38. The van der Waals surface area contributed by atoms with E-state index in [0.29, 0.717) is 11.4 Å². The van der Waals surface area contributed by atoms with Crippen molar-refractivity contribution in [3.63, 3.8) is 0 Å². The Labute approximate surface area is 124 Å². The summed E-state index contributed by atoms with van der Waals surface area (Å²) >= 11 is 0. The first-order valence-corrected chi connectivity index (χ1v) is 8.90. The second-order valence-corrected chi connectivity index (χ2v) is 6.75. The van der Waals surface area contributed by atoms with Crippen LogP contribution in [-0.4, -0.2) is 9.96 Å². The number of rotatable bonds is 10. The van der Waals surface area contributed by atoms with Crippen molar-refractivity contribution in [2.75, 3.05) is 11.5 Å². The number of halogens is 1. The second kappa shape index (κ2) is 9.92. The molecular formula is C16H26FNOS. The predicted octanol–water partition coefficient (Wildman–Crippen LogP) is 4.66. The summed E-state index contributed by atoms with van der Waals surface area (Å²) in [5, 5.41) is 0. The van der Waals surface area contributed by atoms with Gasteiger partial charge in [0.05, 0.1) is 15.7 Å². The van der Waals surface area contributed by atoms with Gasteiger partial charge in [0, 0.05) is 11.4 Å². The fourth-order valence-electron chi connectivity index (χ4n) is 2.18. The predicted molar refractivity (Wildman–Crippen MR) is 84.7 cm³/mol. The molecular weight excluding hydrogens is 273 g/mol. The molecule has 0 radical (unpaired) electrons. The van der Waals surface area contributed by atoms with Gasteiger partial charge in [-0.1, -0.05) is 51.9 Å². The smallest absolute Gasteiger partial charge is 0.141 e. The van der Waals surface area contributed by atoms with E-state index in [2.05, 4.69) is 6.92 Å². The van der Waals surface area contributed by atoms with Gasteiger partial charge in [-0.05, 0) is 24.6 Å². The minimum absolute atomic E-state index is 0.280. The third-order valence-corrected chi connectivity index (χ3v) is 4.87. The van der Waals surface area contributed by atoms with E-state index in [0.717, 1.165) is 12.8 Å². The van der Waals surface area contributed by atoms with E-state index in [1.165, 1.54) is 50.7 Å². The van der Waals surface area contributed by atoms with E-state index in [1.807, 2.05) is 0 Å². The van der Waals surface area contributed by atoms with Crippen molar-refractivity contribution in [2.24, 2.45) is 0 Å². The molecule has 1 atom stereocenters. The first-order valence-electron chi connectivity index (χ1n) is 7.58. The van der Waals surface area contributed by atoms with Gasteiger partial charge in [0.2, 0.25) is 0 Å². The average Bonchev–Trinajstić information content (AvgIpc) is 2.41. The summed E-state index contributed by atoms with van der Waals surface area (Å²) in [5.74, 6) is 0.0818. The Hall–Kier alpha value is -0.900. The van der Waals surface area contributed by atoms with Gasteiger partial charge in [-0.3, -0.25) is 4.21 Å². The molecule has 20 heavy (non-hydrogen) atoms. The van der Waals surface area contributed by atoms with Gasteiger partial charge < -0.3 is 5.73 Å². The van der Waals surface area contributed by atoms with Crippen LogP contribution in [0.3, 0.4) is 0 Å². The van der Waals surface area contributed by atoms with Gasteiger partial charge >= 0.3 is 0 Å². The zero-order valence-electron chi connectivity index (χ0n) is 12.4. The summed E-state index contributed by atoms with van der Waals surface area (Å²) in [6, 6.07) is 4.37. The highest BCUT2D eigenvalue weighted by molar-refractivity contribution is 7.85. The molecule has 0 aliphatic rings. The van der Waals surface area contributed by atoms with Crippen LogP contribution in [0.1, 0.15) is 58.3 Å². The molecule has 1 unspecified atom stereocenters. The minimum Gasteiger partial charge on any atom is -0.399 e. The van der Waals surface area contributed by atoms with E-state index in [1.54, 1.807) is 6.07 Å². The summed E-state index contributed by atoms with van der Waals surface area (Å²) in [5.41, 5.74) is 5.85. The molecule has 0 aliphatic heterocycles. The zero-order chi connectivity index (χ0) is 14.8. The molecule has 4 heteroatoms. The molecule has 0 fully saturated rings. The van der Waals surface area contributed by atoms with Gasteiger partial charge in [0.1, 0.15) is 5.82 Å². The number of unbranched alkanes of at least 4 members (excludes halogenated alkanes) is 7. The summed E-state index contributed by atoms with van der Waals surface area (Å²) in [7, 11) is -1.24. The maximum absolute atomic E-state index is 13.6. The van der Waals surface area contributed by atoms with E-state index in [4.69, 9.17) is 5.73 Å². The topological polar surface area (TPSA) is 43.1 Å². The van der Waals surface area contributed by atoms with Crippen LogP contribution in [0.25, 0.3) is 0 Å². The summed E-state index contributed by atoms with van der Waals surface area (Å²) < 4.78 is 25.6. The fraction of sp³-hybridized carbons (Fsp3) is 0.625. The van der Waals surface area contributed by atoms with Crippen molar-refractivity contribution in [2.45, 2.75) is 63.2 Å². The molecule has 0 amide bonds. The quantitative estimate of drug-likeness (QED) is 0.504. The highest BCUT2D eigenvalue weighted by atomic mass is 32.2. The van der Waals surface area contributed by atoms with Gasteiger partial charge in [-0.15, -0.1) is 0 Å². The molecule has 0 saturated heterocycles. The van der Waals surface area contributed by atoms with Crippen molar-refractivity contribution in [1.82, 2.24) is 0 Å². The zero-order valence-corrected chi connectivity index (χ0v) is 13.2. The Balaban J connectivity index is 2.17. The highest BCUT2D eigenvalue weighted by Gasteiger charge is 2.09. The fourth-order valence-corrected chi connectivity index (χ4v) is 3.36. The largest absolute Gasteiger partial charge is 0.399 e. The third kappa shape index (κ3) is 6.51. The van der Waals surface area contributed by atoms with Crippen LogP contribution in [0.15, 0.2) is 23.1 Å². The normalized spacial score (nSPS) is 12.5.